The van der Waals surface area contributed by atoms with Crippen molar-refractivity contribution >= 4 is 97.2 Å². The summed E-state index contributed by atoms with van der Waals surface area (Å²) in [6.07, 6.45) is 0. The second-order valence-electron chi connectivity index (χ2n) is 18.4. The van der Waals surface area contributed by atoms with Crippen LogP contribution in [0.4, 0.5) is 0 Å². The standard InChI is InChI=1S/C64H44N2/c1-37-39(3)65(61-49-27-15-11-23-45(49)57(41-19-7-5-8-20-41)46-24-12-16-28-50(46)61)63-53-33-32-44-36-56-38(2)40(4)66(64(56)54-34-31-43(35-55(37)63)59(53)60(44)54)62-51-29-17-13-25-47(51)58(42-21-9-6-10-22-42)48-26-14-18-30-52(48)62/h5-36H,1-4H3. The van der Waals surface area contributed by atoms with E-state index in [1.807, 2.05) is 0 Å². The summed E-state index contributed by atoms with van der Waals surface area (Å²) in [5.41, 5.74) is 15.2. The van der Waals surface area contributed by atoms with Gasteiger partial charge >= 0.3 is 0 Å². The highest BCUT2D eigenvalue weighted by Crippen LogP contribution is 2.50. The molecule has 0 amide bonds. The van der Waals surface area contributed by atoms with Crippen LogP contribution in [0.2, 0.25) is 0 Å². The van der Waals surface area contributed by atoms with Gasteiger partial charge in [-0.2, -0.15) is 0 Å². The van der Waals surface area contributed by atoms with E-state index in [-0.39, 0.29) is 0 Å². The summed E-state index contributed by atoms with van der Waals surface area (Å²) < 4.78 is 5.21. The van der Waals surface area contributed by atoms with E-state index < -0.39 is 0 Å². The summed E-state index contributed by atoms with van der Waals surface area (Å²) in [4.78, 5) is 0. The van der Waals surface area contributed by atoms with E-state index in [4.69, 9.17) is 0 Å². The topological polar surface area (TPSA) is 9.86 Å². The number of aromatic nitrogens is 2. The molecule has 0 aliphatic rings. The third-order valence-electron chi connectivity index (χ3n) is 15.2. The van der Waals surface area contributed by atoms with Crippen LogP contribution in [0.25, 0.3) is 131 Å². The van der Waals surface area contributed by atoms with Crippen LogP contribution in [-0.2, 0) is 0 Å². The molecule has 0 saturated heterocycles. The molecule has 0 aliphatic heterocycles. The first kappa shape index (κ1) is 37.2. The van der Waals surface area contributed by atoms with Crippen molar-refractivity contribution in [3.63, 3.8) is 0 Å². The third kappa shape index (κ3) is 4.85. The number of fused-ring (bicyclic) bond motifs is 8. The Hall–Kier alpha value is -8.20. The van der Waals surface area contributed by atoms with Crippen LogP contribution in [0.5, 0.6) is 0 Å². The first-order valence-corrected chi connectivity index (χ1v) is 23.2. The molecule has 0 unspecified atom stereocenters. The fraction of sp³-hybridized carbons (Fsp3) is 0.0625. The van der Waals surface area contributed by atoms with Gasteiger partial charge in [0.25, 0.3) is 0 Å². The highest BCUT2D eigenvalue weighted by molar-refractivity contribution is 6.34. The first-order chi connectivity index (χ1) is 32.5. The lowest BCUT2D eigenvalue weighted by Gasteiger charge is -2.21. The van der Waals surface area contributed by atoms with Gasteiger partial charge in [0.15, 0.2) is 0 Å². The molecule has 12 aromatic carbocycles. The maximum atomic E-state index is 2.61. The zero-order chi connectivity index (χ0) is 43.9. The van der Waals surface area contributed by atoms with Gasteiger partial charge in [-0.1, -0.05) is 182 Å². The number of hydrogen-bond donors (Lipinski definition) is 0. The number of hydrogen-bond acceptors (Lipinski definition) is 0. The minimum atomic E-state index is 1.24. The van der Waals surface area contributed by atoms with Crippen LogP contribution in [0.15, 0.2) is 194 Å². The Kier molecular flexibility index (Phi) is 7.70. The van der Waals surface area contributed by atoms with E-state index >= 15 is 0 Å². The Bertz CT molecular complexity index is 3960. The summed E-state index contributed by atoms with van der Waals surface area (Å²) >= 11 is 0. The van der Waals surface area contributed by atoms with Crippen LogP contribution in [0.1, 0.15) is 22.5 Å². The Morgan fingerprint density at radius 3 is 0.909 bits per heavy atom. The van der Waals surface area contributed by atoms with Gasteiger partial charge in [0, 0.05) is 54.5 Å². The van der Waals surface area contributed by atoms with Crippen LogP contribution in [0, 0.1) is 27.7 Å². The summed E-state index contributed by atoms with van der Waals surface area (Å²) in [7, 11) is 0. The maximum absolute atomic E-state index is 2.61. The van der Waals surface area contributed by atoms with Crippen molar-refractivity contribution in [2.45, 2.75) is 27.7 Å². The molecule has 0 aliphatic carbocycles. The second kappa shape index (κ2) is 13.7. The van der Waals surface area contributed by atoms with Gasteiger partial charge < -0.3 is 9.13 Å². The van der Waals surface area contributed by atoms with Gasteiger partial charge in [-0.05, 0) is 116 Å². The van der Waals surface area contributed by atoms with Gasteiger partial charge in [-0.3, -0.25) is 0 Å². The molecule has 14 rings (SSSR count). The fourth-order valence-corrected chi connectivity index (χ4v) is 12.1. The van der Waals surface area contributed by atoms with Crippen LogP contribution < -0.4 is 0 Å². The number of benzene rings is 12. The van der Waals surface area contributed by atoms with Gasteiger partial charge in [0.05, 0.1) is 22.4 Å². The van der Waals surface area contributed by atoms with Crippen molar-refractivity contribution in [3.8, 4) is 33.6 Å². The van der Waals surface area contributed by atoms with E-state index in [1.54, 1.807) is 0 Å². The normalized spacial score (nSPS) is 12.2. The predicted octanol–water partition coefficient (Wildman–Crippen LogP) is 17.7. The molecule has 0 bridgehead atoms. The molecular formula is C64H44N2. The molecule has 0 atom stereocenters. The third-order valence-corrected chi connectivity index (χ3v) is 15.2. The molecule has 2 heteroatoms. The van der Waals surface area contributed by atoms with Gasteiger partial charge in [0.2, 0.25) is 0 Å². The highest BCUT2D eigenvalue weighted by Gasteiger charge is 2.26. The van der Waals surface area contributed by atoms with E-state index in [0.717, 1.165) is 0 Å². The van der Waals surface area contributed by atoms with Crippen LogP contribution in [0.3, 0.4) is 0 Å². The van der Waals surface area contributed by atoms with E-state index in [0.29, 0.717) is 0 Å². The van der Waals surface area contributed by atoms with Crippen molar-refractivity contribution in [2.75, 3.05) is 0 Å². The van der Waals surface area contributed by atoms with Crippen LogP contribution >= 0.6 is 0 Å². The smallest absolute Gasteiger partial charge is 0.0616 e. The molecule has 2 nitrogen and oxygen atoms in total. The average Bonchev–Trinajstić information content (AvgIpc) is 3.76. The van der Waals surface area contributed by atoms with Crippen molar-refractivity contribution in [2.24, 2.45) is 0 Å². The minimum Gasteiger partial charge on any atom is -0.312 e. The molecule has 2 aromatic heterocycles. The average molecular weight is 841 g/mol. The molecule has 0 fully saturated rings. The monoisotopic (exact) mass is 840 g/mol. The lowest BCUT2D eigenvalue weighted by atomic mass is 9.89. The van der Waals surface area contributed by atoms with Gasteiger partial charge in [0.1, 0.15) is 0 Å². The Morgan fingerprint density at radius 1 is 0.273 bits per heavy atom. The Labute approximate surface area is 382 Å². The molecule has 0 N–H and O–H groups in total. The molecule has 14 aromatic rings. The Balaban J connectivity index is 1.12. The molecule has 310 valence electrons. The summed E-state index contributed by atoms with van der Waals surface area (Å²) in [6, 6.07) is 72.5. The lowest BCUT2D eigenvalue weighted by Crippen LogP contribution is -2.02. The molecule has 0 saturated carbocycles. The lowest BCUT2D eigenvalue weighted by molar-refractivity contribution is 1.06. The van der Waals surface area contributed by atoms with E-state index in [2.05, 4.69) is 231 Å². The zero-order valence-electron chi connectivity index (χ0n) is 37.4. The number of rotatable bonds is 4. The van der Waals surface area contributed by atoms with Gasteiger partial charge in [-0.15, -0.1) is 0 Å². The largest absolute Gasteiger partial charge is 0.312 e. The second-order valence-corrected chi connectivity index (χ2v) is 18.4. The zero-order valence-corrected chi connectivity index (χ0v) is 37.4. The maximum Gasteiger partial charge on any atom is 0.0616 e. The van der Waals surface area contributed by atoms with Gasteiger partial charge in [-0.25, -0.2) is 0 Å². The van der Waals surface area contributed by atoms with E-state index in [9.17, 15) is 0 Å². The summed E-state index contributed by atoms with van der Waals surface area (Å²) in [5, 5.41) is 20.4. The van der Waals surface area contributed by atoms with Crippen LogP contribution in [-0.4, -0.2) is 9.13 Å². The minimum absolute atomic E-state index is 1.24. The fourth-order valence-electron chi connectivity index (χ4n) is 12.1. The SMILES string of the molecule is Cc1c(C)n(-c2c3ccccc3c(-c3ccccc3)c3ccccc23)c2c1cc1ccc3c4c(ccc2c14)cc1c(C)c(C)n(-c2c4ccccc4c(-c4ccccc4)c4ccccc24)c13. The van der Waals surface area contributed by atoms with Crippen molar-refractivity contribution in [1.29, 1.82) is 0 Å². The molecule has 0 spiro atoms. The molecule has 66 heavy (non-hydrogen) atoms. The number of nitrogens with zero attached hydrogens (tertiary/aromatic N) is 2. The summed E-state index contributed by atoms with van der Waals surface area (Å²) in [6.45, 7) is 9.26. The Morgan fingerprint density at radius 2 is 0.576 bits per heavy atom. The van der Waals surface area contributed by atoms with Crippen molar-refractivity contribution < 1.29 is 0 Å². The first-order valence-electron chi connectivity index (χ1n) is 23.2. The predicted molar refractivity (Wildman–Crippen MR) is 284 cm³/mol. The summed E-state index contributed by atoms with van der Waals surface area (Å²) in [5.74, 6) is 0. The molecule has 0 radical (unpaired) electrons. The molecular weight excluding hydrogens is 797 g/mol. The number of aryl methyl sites for hydroxylation is 2. The molecule has 2 heterocycles. The highest BCUT2D eigenvalue weighted by atomic mass is 15.0. The van der Waals surface area contributed by atoms with Crippen molar-refractivity contribution in [3.05, 3.63) is 217 Å². The van der Waals surface area contributed by atoms with Crippen molar-refractivity contribution in [1.82, 2.24) is 9.13 Å². The quantitative estimate of drug-likeness (QED) is 0.123. The van der Waals surface area contributed by atoms with E-state index in [1.165, 1.54) is 153 Å².